The standard InChI is InChI=1S/C27H22O4.CH4O3S/c1-19-3-5-20(6-4-19)27(28)21-7-9-23(10-8-21)30-25-15-17-26(18-16-25)31-24-13-11-22(29-2)12-14-24;1-5(2,3)4/h3-18H,1-2H3;1H3,(H,2,3,4). The summed E-state index contributed by atoms with van der Waals surface area (Å²) < 4.78 is 42.7. The molecule has 4 aromatic rings. The van der Waals surface area contributed by atoms with Gasteiger partial charge in [0.05, 0.1) is 13.4 Å². The van der Waals surface area contributed by atoms with Gasteiger partial charge < -0.3 is 14.2 Å². The Bertz CT molecular complexity index is 1370. The minimum absolute atomic E-state index is 0.00779. The van der Waals surface area contributed by atoms with Crippen LogP contribution >= 0.6 is 0 Å². The van der Waals surface area contributed by atoms with E-state index in [1.54, 1.807) is 31.4 Å². The van der Waals surface area contributed by atoms with E-state index in [4.69, 9.17) is 18.8 Å². The Hall–Kier alpha value is -4.14. The Labute approximate surface area is 210 Å². The zero-order valence-electron chi connectivity index (χ0n) is 20.0. The molecule has 0 aromatic heterocycles. The predicted octanol–water partition coefficient (Wildman–Crippen LogP) is 6.32. The highest BCUT2D eigenvalue weighted by molar-refractivity contribution is 7.85. The molecule has 0 fully saturated rings. The van der Waals surface area contributed by atoms with Crippen LogP contribution in [0, 0.1) is 6.92 Å². The normalized spacial score (nSPS) is 10.6. The molecule has 0 heterocycles. The molecule has 0 aliphatic rings. The maximum absolute atomic E-state index is 12.6. The van der Waals surface area contributed by atoms with Gasteiger partial charge in [0.2, 0.25) is 0 Å². The van der Waals surface area contributed by atoms with Crippen LogP contribution in [0.3, 0.4) is 0 Å². The van der Waals surface area contributed by atoms with E-state index in [1.807, 2.05) is 79.7 Å². The van der Waals surface area contributed by atoms with Gasteiger partial charge in [-0.2, -0.15) is 8.42 Å². The second kappa shape index (κ2) is 12.0. The third-order valence-corrected chi connectivity index (χ3v) is 4.78. The van der Waals surface area contributed by atoms with E-state index in [0.29, 0.717) is 34.6 Å². The highest BCUT2D eigenvalue weighted by atomic mass is 32.2. The molecular weight excluding hydrogens is 480 g/mol. The third-order valence-electron chi connectivity index (χ3n) is 4.78. The number of rotatable bonds is 7. The van der Waals surface area contributed by atoms with Gasteiger partial charge in [0.15, 0.2) is 5.78 Å². The molecule has 0 spiro atoms. The van der Waals surface area contributed by atoms with Crippen molar-refractivity contribution in [1.82, 2.24) is 0 Å². The van der Waals surface area contributed by atoms with Gasteiger partial charge in [-0.05, 0) is 79.7 Å². The second-order valence-electron chi connectivity index (χ2n) is 7.80. The fourth-order valence-corrected chi connectivity index (χ4v) is 3.04. The Morgan fingerprint density at radius 1 is 0.611 bits per heavy atom. The lowest BCUT2D eigenvalue weighted by atomic mass is 10.0. The Kier molecular flexibility index (Phi) is 8.83. The van der Waals surface area contributed by atoms with Crippen molar-refractivity contribution in [3.05, 3.63) is 114 Å². The van der Waals surface area contributed by atoms with Crippen LogP contribution in [-0.4, -0.2) is 32.1 Å². The molecule has 8 heteroatoms. The Balaban J connectivity index is 0.000000658. The van der Waals surface area contributed by atoms with Crippen molar-refractivity contribution in [3.63, 3.8) is 0 Å². The fraction of sp³-hybridized carbons (Fsp3) is 0.107. The summed E-state index contributed by atoms with van der Waals surface area (Å²) in [5, 5.41) is 0. The molecule has 0 atom stereocenters. The first-order chi connectivity index (χ1) is 17.1. The van der Waals surface area contributed by atoms with Gasteiger partial charge in [0.1, 0.15) is 28.7 Å². The molecule has 0 unspecified atom stereocenters. The van der Waals surface area contributed by atoms with Gasteiger partial charge >= 0.3 is 0 Å². The molecular formula is C28H26O7S. The number of carbonyl (C=O) groups excluding carboxylic acids is 1. The van der Waals surface area contributed by atoms with Crippen molar-refractivity contribution >= 4 is 15.9 Å². The third kappa shape index (κ3) is 8.57. The lowest BCUT2D eigenvalue weighted by Gasteiger charge is -2.09. The van der Waals surface area contributed by atoms with Crippen LogP contribution in [-0.2, 0) is 10.1 Å². The average Bonchev–Trinajstić information content (AvgIpc) is 2.85. The molecule has 0 bridgehead atoms. The first-order valence-corrected chi connectivity index (χ1v) is 12.7. The van der Waals surface area contributed by atoms with E-state index in [1.165, 1.54) is 0 Å². The van der Waals surface area contributed by atoms with Crippen molar-refractivity contribution < 1.29 is 32.0 Å². The maximum atomic E-state index is 12.6. The number of hydrogen-bond acceptors (Lipinski definition) is 6. The second-order valence-corrected chi connectivity index (χ2v) is 9.27. The summed E-state index contributed by atoms with van der Waals surface area (Å²) in [6, 6.07) is 29.5. The van der Waals surface area contributed by atoms with Crippen molar-refractivity contribution in [2.45, 2.75) is 6.92 Å². The first-order valence-electron chi connectivity index (χ1n) is 10.8. The van der Waals surface area contributed by atoms with Crippen LogP contribution in [0.15, 0.2) is 97.1 Å². The zero-order valence-corrected chi connectivity index (χ0v) is 20.9. The molecule has 4 rings (SSSR count). The zero-order chi connectivity index (χ0) is 26.1. The van der Waals surface area contributed by atoms with Crippen LogP contribution in [0.4, 0.5) is 0 Å². The largest absolute Gasteiger partial charge is 0.497 e. The van der Waals surface area contributed by atoms with Gasteiger partial charge in [-0.15, -0.1) is 0 Å². The maximum Gasteiger partial charge on any atom is 0.261 e. The molecule has 0 radical (unpaired) electrons. The molecule has 0 amide bonds. The Morgan fingerprint density at radius 3 is 1.22 bits per heavy atom. The van der Waals surface area contributed by atoms with Crippen molar-refractivity contribution in [2.75, 3.05) is 13.4 Å². The molecule has 0 saturated carbocycles. The number of aryl methyl sites for hydroxylation is 1. The number of ether oxygens (including phenoxy) is 3. The van der Waals surface area contributed by atoms with Gasteiger partial charge in [-0.3, -0.25) is 9.35 Å². The number of benzene rings is 4. The summed E-state index contributed by atoms with van der Waals surface area (Å²) in [6.07, 6.45) is 0.715. The highest BCUT2D eigenvalue weighted by Gasteiger charge is 2.09. The van der Waals surface area contributed by atoms with Crippen molar-refractivity contribution in [1.29, 1.82) is 0 Å². The number of ketones is 1. The quantitative estimate of drug-likeness (QED) is 0.231. The molecule has 1 N–H and O–H groups in total. The van der Waals surface area contributed by atoms with E-state index in [2.05, 4.69) is 0 Å². The molecule has 186 valence electrons. The van der Waals surface area contributed by atoms with Crippen LogP contribution in [0.5, 0.6) is 28.7 Å². The van der Waals surface area contributed by atoms with Crippen LogP contribution < -0.4 is 14.2 Å². The molecule has 36 heavy (non-hydrogen) atoms. The summed E-state index contributed by atoms with van der Waals surface area (Å²) in [6.45, 7) is 2.00. The van der Waals surface area contributed by atoms with Gasteiger partial charge in [-0.25, -0.2) is 0 Å². The van der Waals surface area contributed by atoms with Gasteiger partial charge in [0.25, 0.3) is 10.1 Å². The van der Waals surface area contributed by atoms with E-state index >= 15 is 0 Å². The lowest BCUT2D eigenvalue weighted by molar-refractivity contribution is 0.103. The van der Waals surface area contributed by atoms with E-state index in [-0.39, 0.29) is 5.78 Å². The molecule has 4 aromatic carbocycles. The predicted molar refractivity (Wildman–Crippen MR) is 138 cm³/mol. The highest BCUT2D eigenvalue weighted by Crippen LogP contribution is 2.28. The minimum Gasteiger partial charge on any atom is -0.497 e. The topological polar surface area (TPSA) is 99.1 Å². The monoisotopic (exact) mass is 506 g/mol. The molecule has 7 nitrogen and oxygen atoms in total. The van der Waals surface area contributed by atoms with Crippen LogP contribution in [0.1, 0.15) is 21.5 Å². The summed E-state index contributed by atoms with van der Waals surface area (Å²) in [5.41, 5.74) is 2.42. The van der Waals surface area contributed by atoms with Gasteiger partial charge in [-0.1, -0.05) is 29.8 Å². The smallest absolute Gasteiger partial charge is 0.261 e. The summed E-state index contributed by atoms with van der Waals surface area (Å²) in [7, 11) is -2.04. The lowest BCUT2D eigenvalue weighted by Crippen LogP contribution is -2.00. The first kappa shape index (κ1) is 26.5. The van der Waals surface area contributed by atoms with Gasteiger partial charge in [0, 0.05) is 11.1 Å². The van der Waals surface area contributed by atoms with E-state index < -0.39 is 10.1 Å². The average molecular weight is 507 g/mol. The molecule has 0 aliphatic carbocycles. The number of carbonyl (C=O) groups is 1. The SMILES string of the molecule is COc1ccc(Oc2ccc(Oc3ccc(C(=O)c4ccc(C)cc4)cc3)cc2)cc1.CS(=O)(=O)O. The van der Waals surface area contributed by atoms with Crippen LogP contribution in [0.25, 0.3) is 0 Å². The number of hydrogen-bond donors (Lipinski definition) is 1. The molecule has 0 aliphatic heterocycles. The fourth-order valence-electron chi connectivity index (χ4n) is 3.04. The summed E-state index contributed by atoms with van der Waals surface area (Å²) in [4.78, 5) is 12.6. The van der Waals surface area contributed by atoms with E-state index in [9.17, 15) is 13.2 Å². The van der Waals surface area contributed by atoms with Crippen molar-refractivity contribution in [2.24, 2.45) is 0 Å². The molecule has 0 saturated heterocycles. The van der Waals surface area contributed by atoms with E-state index in [0.717, 1.165) is 17.1 Å². The number of methoxy groups -OCH3 is 1. The summed E-state index contributed by atoms with van der Waals surface area (Å²) in [5.74, 6) is 3.54. The summed E-state index contributed by atoms with van der Waals surface area (Å²) >= 11 is 0. The Morgan fingerprint density at radius 2 is 0.889 bits per heavy atom. The van der Waals surface area contributed by atoms with Crippen LogP contribution in [0.2, 0.25) is 0 Å². The minimum atomic E-state index is -3.67. The van der Waals surface area contributed by atoms with Crippen molar-refractivity contribution in [3.8, 4) is 28.7 Å².